The van der Waals surface area contributed by atoms with Gasteiger partial charge in [-0.05, 0) is 6.92 Å². The Balaban J connectivity index is 2.27. The maximum absolute atomic E-state index is 4.74. The second-order valence-electron chi connectivity index (χ2n) is 2.35. The van der Waals surface area contributed by atoms with Crippen LogP contribution in [-0.2, 0) is 0 Å². The van der Waals surface area contributed by atoms with E-state index in [0.717, 1.165) is 16.6 Å². The molecule has 0 saturated carbocycles. The minimum atomic E-state index is 0.852. The molecule has 2 aromatic rings. The van der Waals surface area contributed by atoms with E-state index in [-0.39, 0.29) is 0 Å². The maximum atomic E-state index is 4.74. The van der Waals surface area contributed by atoms with E-state index in [9.17, 15) is 0 Å². The van der Waals surface area contributed by atoms with Crippen LogP contribution >= 0.6 is 11.3 Å². The molecular weight excluding hydrogens is 172 g/mol. The van der Waals surface area contributed by atoms with E-state index in [0.29, 0.717) is 0 Å². The van der Waals surface area contributed by atoms with Gasteiger partial charge in [0.2, 0.25) is 0 Å². The zero-order chi connectivity index (χ0) is 8.39. The van der Waals surface area contributed by atoms with Crippen LogP contribution < -0.4 is 0 Å². The molecule has 1 radical (unpaired) electrons. The first-order valence-corrected chi connectivity index (χ1v) is 4.40. The number of rotatable bonds is 2. The van der Waals surface area contributed by atoms with Crippen LogP contribution in [0.2, 0.25) is 0 Å². The molecule has 0 bridgehead atoms. The summed E-state index contributed by atoms with van der Waals surface area (Å²) in [7, 11) is 0. The number of thiazole rings is 1. The third-order valence-corrected chi connectivity index (χ3v) is 2.47. The summed E-state index contributed by atoms with van der Waals surface area (Å²) in [4.78, 5) is 4.17. The Bertz CT molecular complexity index is 294. The van der Waals surface area contributed by atoms with Crippen molar-refractivity contribution in [1.29, 1.82) is 0 Å². The lowest BCUT2D eigenvalue weighted by Crippen LogP contribution is -1.95. The van der Waals surface area contributed by atoms with E-state index < -0.39 is 0 Å². The van der Waals surface area contributed by atoms with E-state index in [2.05, 4.69) is 10.1 Å². The standard InChI is InChI=1S/C8H7N2OS/c1-6(7-2-4-11-10-7)8-9-3-5-12-8/h2-5H,1H3. The monoisotopic (exact) mass is 179 g/mol. The first-order valence-electron chi connectivity index (χ1n) is 3.52. The quantitative estimate of drug-likeness (QED) is 0.708. The molecule has 0 aliphatic heterocycles. The average molecular weight is 179 g/mol. The highest BCUT2D eigenvalue weighted by molar-refractivity contribution is 7.09. The Kier molecular flexibility index (Phi) is 1.91. The summed E-state index contributed by atoms with van der Waals surface area (Å²) in [5.74, 6) is 1.05. The van der Waals surface area contributed by atoms with Crippen LogP contribution in [0.25, 0.3) is 0 Å². The zero-order valence-corrected chi connectivity index (χ0v) is 7.34. The Morgan fingerprint density at radius 3 is 3.08 bits per heavy atom. The largest absolute Gasteiger partial charge is 0.364 e. The van der Waals surface area contributed by atoms with E-state index in [1.54, 1.807) is 23.8 Å². The summed E-state index contributed by atoms with van der Waals surface area (Å²) in [5.41, 5.74) is 0.852. The van der Waals surface area contributed by atoms with Crippen LogP contribution in [0.3, 0.4) is 0 Å². The molecule has 0 unspecified atom stereocenters. The van der Waals surface area contributed by atoms with Gasteiger partial charge in [0.1, 0.15) is 11.3 Å². The molecule has 3 nitrogen and oxygen atoms in total. The lowest BCUT2D eigenvalue weighted by molar-refractivity contribution is 0.414. The Hall–Kier alpha value is -1.16. The molecule has 0 fully saturated rings. The van der Waals surface area contributed by atoms with Crippen molar-refractivity contribution in [3.63, 3.8) is 0 Å². The predicted octanol–water partition coefficient (Wildman–Crippen LogP) is 2.12. The SMILES string of the molecule is C[C](c1ccon1)c1nccs1. The number of hydrogen-bond donors (Lipinski definition) is 0. The summed E-state index contributed by atoms with van der Waals surface area (Å²) in [6.45, 7) is 1.98. The van der Waals surface area contributed by atoms with Gasteiger partial charge in [0.15, 0.2) is 0 Å². The van der Waals surface area contributed by atoms with Gasteiger partial charge in [0.25, 0.3) is 0 Å². The van der Waals surface area contributed by atoms with Crippen LogP contribution in [0.4, 0.5) is 0 Å². The second-order valence-corrected chi connectivity index (χ2v) is 3.24. The molecular formula is C8H7N2OS. The van der Waals surface area contributed by atoms with Crippen molar-refractivity contribution >= 4 is 11.3 Å². The van der Waals surface area contributed by atoms with Crippen LogP contribution in [0, 0.1) is 5.92 Å². The summed E-state index contributed by atoms with van der Waals surface area (Å²) < 4.78 is 4.74. The van der Waals surface area contributed by atoms with Gasteiger partial charge in [-0.25, -0.2) is 4.98 Å². The summed E-state index contributed by atoms with van der Waals surface area (Å²) >= 11 is 1.60. The Morgan fingerprint density at radius 2 is 2.50 bits per heavy atom. The Labute approximate surface area is 74.0 Å². The highest BCUT2D eigenvalue weighted by atomic mass is 32.1. The van der Waals surface area contributed by atoms with E-state index in [4.69, 9.17) is 4.52 Å². The van der Waals surface area contributed by atoms with Gasteiger partial charge in [-0.15, -0.1) is 11.3 Å². The lowest BCUT2D eigenvalue weighted by Gasteiger charge is -1.99. The van der Waals surface area contributed by atoms with Crippen LogP contribution in [0.1, 0.15) is 17.6 Å². The molecule has 0 aromatic carbocycles. The van der Waals surface area contributed by atoms with Crippen molar-refractivity contribution in [2.24, 2.45) is 0 Å². The molecule has 0 N–H and O–H groups in total. The molecule has 0 amide bonds. The topological polar surface area (TPSA) is 38.9 Å². The average Bonchev–Trinajstić information content (AvgIpc) is 2.77. The molecule has 2 heterocycles. The van der Waals surface area contributed by atoms with Gasteiger partial charge >= 0.3 is 0 Å². The molecule has 12 heavy (non-hydrogen) atoms. The molecule has 0 atom stereocenters. The minimum Gasteiger partial charge on any atom is -0.364 e. The van der Waals surface area contributed by atoms with Gasteiger partial charge in [0, 0.05) is 17.6 Å². The first kappa shape index (κ1) is 7.49. The van der Waals surface area contributed by atoms with Gasteiger partial charge in [0.05, 0.1) is 11.6 Å². The molecule has 0 aliphatic carbocycles. The zero-order valence-electron chi connectivity index (χ0n) is 6.52. The van der Waals surface area contributed by atoms with Crippen molar-refractivity contribution in [2.45, 2.75) is 6.92 Å². The first-order chi connectivity index (χ1) is 5.88. The van der Waals surface area contributed by atoms with Crippen LogP contribution in [0.5, 0.6) is 0 Å². The predicted molar refractivity (Wildman–Crippen MR) is 45.7 cm³/mol. The van der Waals surface area contributed by atoms with E-state index >= 15 is 0 Å². The van der Waals surface area contributed by atoms with E-state index in [1.165, 1.54) is 0 Å². The molecule has 2 aromatic heterocycles. The molecule has 0 spiro atoms. The minimum absolute atomic E-state index is 0.852. The van der Waals surface area contributed by atoms with Crippen LogP contribution in [0.15, 0.2) is 28.4 Å². The van der Waals surface area contributed by atoms with Crippen molar-refractivity contribution in [3.05, 3.63) is 40.5 Å². The van der Waals surface area contributed by atoms with Crippen molar-refractivity contribution in [1.82, 2.24) is 10.1 Å². The van der Waals surface area contributed by atoms with Gasteiger partial charge in [-0.3, -0.25) is 0 Å². The summed E-state index contributed by atoms with van der Waals surface area (Å²) in [6.07, 6.45) is 3.34. The molecule has 4 heteroatoms. The molecule has 0 saturated heterocycles. The second kappa shape index (κ2) is 3.06. The third kappa shape index (κ3) is 1.25. The van der Waals surface area contributed by atoms with Gasteiger partial charge in [-0.1, -0.05) is 5.16 Å². The highest BCUT2D eigenvalue weighted by Crippen LogP contribution is 2.22. The number of nitrogens with zero attached hydrogens (tertiary/aromatic N) is 2. The lowest BCUT2D eigenvalue weighted by atomic mass is 10.1. The number of aromatic nitrogens is 2. The number of hydrogen-bond acceptors (Lipinski definition) is 4. The highest BCUT2D eigenvalue weighted by Gasteiger charge is 2.13. The van der Waals surface area contributed by atoms with Gasteiger partial charge in [-0.2, -0.15) is 0 Å². The fraction of sp³-hybridized carbons (Fsp3) is 0.125. The fourth-order valence-corrected chi connectivity index (χ4v) is 1.58. The van der Waals surface area contributed by atoms with E-state index in [1.807, 2.05) is 18.4 Å². The third-order valence-electron chi connectivity index (χ3n) is 1.58. The van der Waals surface area contributed by atoms with Gasteiger partial charge < -0.3 is 4.52 Å². The van der Waals surface area contributed by atoms with Crippen molar-refractivity contribution in [3.8, 4) is 0 Å². The summed E-state index contributed by atoms with van der Waals surface area (Å²) in [5, 5.41) is 6.76. The normalized spacial score (nSPS) is 10.8. The fourth-order valence-electron chi connectivity index (χ4n) is 0.924. The molecule has 0 aliphatic rings. The Morgan fingerprint density at radius 1 is 1.58 bits per heavy atom. The summed E-state index contributed by atoms with van der Waals surface area (Å²) in [6, 6.07) is 1.83. The van der Waals surface area contributed by atoms with Crippen molar-refractivity contribution < 1.29 is 4.52 Å². The van der Waals surface area contributed by atoms with Crippen molar-refractivity contribution in [2.75, 3.05) is 0 Å². The van der Waals surface area contributed by atoms with Crippen LogP contribution in [-0.4, -0.2) is 10.1 Å². The molecule has 61 valence electrons. The molecule has 2 rings (SSSR count). The smallest absolute Gasteiger partial charge is 0.124 e. The maximum Gasteiger partial charge on any atom is 0.124 e.